The number of nitrogens with one attached hydrogen (secondary N) is 1. The highest BCUT2D eigenvalue weighted by molar-refractivity contribution is 5.92. The molecule has 0 saturated carbocycles. The van der Waals surface area contributed by atoms with Gasteiger partial charge in [0.2, 0.25) is 5.91 Å². The van der Waals surface area contributed by atoms with E-state index < -0.39 is 48.5 Å². The van der Waals surface area contributed by atoms with Gasteiger partial charge in [-0.3, -0.25) is 9.59 Å². The monoisotopic (exact) mass is 482 g/mol. The molecule has 1 aliphatic carbocycles. The number of benzene rings is 2. The second kappa shape index (κ2) is 10.1. The summed E-state index contributed by atoms with van der Waals surface area (Å²) >= 11 is 0. The quantitative estimate of drug-likeness (QED) is 0.504. The molecule has 184 valence electrons. The number of fused-ring (bicyclic) bond motifs is 3. The standard InChI is InChI=1S/C25H26N2O8/c1-34-24(32)21-10-14(28)12-27(21)23(31)20(11-22(29)30)26-25(33)35-13-19-17-8-4-2-6-15(17)16-7-3-5-9-18(16)19/h2-9,14,19-21,28H,10-13H2,1H3,(H,26,33)(H,29,30). The molecule has 4 rings (SSSR count). The van der Waals surface area contributed by atoms with Crippen molar-refractivity contribution < 1.29 is 38.9 Å². The normalized spacial score (nSPS) is 19.4. The van der Waals surface area contributed by atoms with E-state index in [-0.39, 0.29) is 25.5 Å². The van der Waals surface area contributed by atoms with Crippen molar-refractivity contribution in [2.45, 2.75) is 36.9 Å². The lowest BCUT2D eigenvalue weighted by atomic mass is 9.98. The van der Waals surface area contributed by atoms with E-state index in [0.717, 1.165) is 34.3 Å². The summed E-state index contributed by atoms with van der Waals surface area (Å²) in [4.78, 5) is 50.1. The summed E-state index contributed by atoms with van der Waals surface area (Å²) in [5.41, 5.74) is 4.12. The predicted octanol–water partition coefficient (Wildman–Crippen LogP) is 1.50. The number of rotatable bonds is 7. The molecule has 1 fully saturated rings. The predicted molar refractivity (Wildman–Crippen MR) is 122 cm³/mol. The number of esters is 1. The fraction of sp³-hybridized carbons (Fsp3) is 0.360. The van der Waals surface area contributed by atoms with Crippen LogP contribution in [0.25, 0.3) is 11.1 Å². The second-order valence-electron chi connectivity index (χ2n) is 8.54. The molecule has 2 aromatic rings. The number of aliphatic hydroxyl groups excluding tert-OH is 1. The van der Waals surface area contributed by atoms with Gasteiger partial charge in [0.15, 0.2) is 0 Å². The van der Waals surface area contributed by atoms with Gasteiger partial charge in [0.05, 0.1) is 19.6 Å². The van der Waals surface area contributed by atoms with Gasteiger partial charge in [-0.05, 0) is 22.3 Å². The van der Waals surface area contributed by atoms with E-state index in [1.54, 1.807) is 0 Å². The number of aliphatic carboxylic acids is 1. The molecule has 1 saturated heterocycles. The molecule has 35 heavy (non-hydrogen) atoms. The molecule has 2 aromatic carbocycles. The average Bonchev–Trinajstić information content (AvgIpc) is 3.39. The first-order valence-corrected chi connectivity index (χ1v) is 11.2. The number of carboxylic acid groups (broad SMARTS) is 1. The molecule has 1 heterocycles. The fourth-order valence-electron chi connectivity index (χ4n) is 4.77. The summed E-state index contributed by atoms with van der Waals surface area (Å²) in [6.45, 7) is -0.192. The van der Waals surface area contributed by atoms with Crippen LogP contribution in [0.1, 0.15) is 29.9 Å². The molecule has 3 atom stereocenters. The van der Waals surface area contributed by atoms with Crippen LogP contribution in [0.2, 0.25) is 0 Å². The van der Waals surface area contributed by atoms with Crippen molar-refractivity contribution in [1.29, 1.82) is 0 Å². The highest BCUT2D eigenvalue weighted by Gasteiger charge is 2.42. The van der Waals surface area contributed by atoms with Crippen molar-refractivity contribution in [3.8, 4) is 11.1 Å². The molecular weight excluding hydrogens is 456 g/mol. The fourth-order valence-corrected chi connectivity index (χ4v) is 4.77. The number of carbonyl (C=O) groups excluding carboxylic acids is 3. The van der Waals surface area contributed by atoms with Gasteiger partial charge in [0, 0.05) is 18.9 Å². The summed E-state index contributed by atoms with van der Waals surface area (Å²) in [5, 5.41) is 21.5. The van der Waals surface area contributed by atoms with E-state index in [1.165, 1.54) is 0 Å². The van der Waals surface area contributed by atoms with Gasteiger partial charge in [-0.2, -0.15) is 0 Å². The van der Waals surface area contributed by atoms with Crippen LogP contribution in [0.5, 0.6) is 0 Å². The van der Waals surface area contributed by atoms with Gasteiger partial charge in [0.25, 0.3) is 0 Å². The third-order valence-corrected chi connectivity index (χ3v) is 6.35. The molecule has 10 nitrogen and oxygen atoms in total. The Morgan fingerprint density at radius 2 is 1.66 bits per heavy atom. The Hall–Kier alpha value is -3.92. The number of hydrogen-bond donors (Lipinski definition) is 3. The van der Waals surface area contributed by atoms with Crippen LogP contribution in [-0.2, 0) is 23.9 Å². The molecule has 0 spiro atoms. The third kappa shape index (κ3) is 4.97. The first-order chi connectivity index (χ1) is 16.8. The van der Waals surface area contributed by atoms with Crippen molar-refractivity contribution in [3.05, 3.63) is 59.7 Å². The highest BCUT2D eigenvalue weighted by Crippen LogP contribution is 2.44. The number of nitrogens with zero attached hydrogens (tertiary/aromatic N) is 1. The summed E-state index contributed by atoms with van der Waals surface area (Å²) in [5.74, 6) is -3.08. The number of amides is 2. The summed E-state index contributed by atoms with van der Waals surface area (Å²) in [6.07, 6.45) is -2.68. The Bertz CT molecular complexity index is 1100. The molecule has 0 bridgehead atoms. The third-order valence-electron chi connectivity index (χ3n) is 6.35. The second-order valence-corrected chi connectivity index (χ2v) is 8.54. The molecule has 3 unspecified atom stereocenters. The van der Waals surface area contributed by atoms with Crippen molar-refractivity contribution in [1.82, 2.24) is 10.2 Å². The number of hydrogen-bond acceptors (Lipinski definition) is 7. The van der Waals surface area contributed by atoms with Gasteiger partial charge >= 0.3 is 18.0 Å². The van der Waals surface area contributed by atoms with E-state index in [9.17, 15) is 29.4 Å². The van der Waals surface area contributed by atoms with Crippen molar-refractivity contribution >= 4 is 23.9 Å². The van der Waals surface area contributed by atoms with Gasteiger partial charge in [-0.25, -0.2) is 9.59 Å². The largest absolute Gasteiger partial charge is 0.481 e. The number of carboxylic acids is 1. The SMILES string of the molecule is COC(=O)C1CC(O)CN1C(=O)C(CC(=O)O)NC(=O)OCC1c2ccccc2-c2ccccc21. The summed E-state index contributed by atoms with van der Waals surface area (Å²) in [6, 6.07) is 13.0. The van der Waals surface area contributed by atoms with Gasteiger partial charge < -0.3 is 29.9 Å². The molecule has 3 N–H and O–H groups in total. The number of likely N-dealkylation sites (tertiary alicyclic amines) is 1. The van der Waals surface area contributed by atoms with E-state index in [0.29, 0.717) is 0 Å². The van der Waals surface area contributed by atoms with Crippen LogP contribution in [0.3, 0.4) is 0 Å². The Balaban J connectivity index is 1.46. The summed E-state index contributed by atoms with van der Waals surface area (Å²) < 4.78 is 10.1. The Morgan fingerprint density at radius 1 is 1.06 bits per heavy atom. The van der Waals surface area contributed by atoms with Gasteiger partial charge in [0.1, 0.15) is 18.7 Å². The first-order valence-electron chi connectivity index (χ1n) is 11.2. The molecular formula is C25H26N2O8. The van der Waals surface area contributed by atoms with E-state index in [2.05, 4.69) is 10.1 Å². The number of alkyl carbamates (subject to hydrolysis) is 1. The lowest BCUT2D eigenvalue weighted by Crippen LogP contribution is -2.52. The van der Waals surface area contributed by atoms with E-state index in [4.69, 9.17) is 4.74 Å². The first kappa shape index (κ1) is 24.2. The van der Waals surface area contributed by atoms with E-state index in [1.807, 2.05) is 48.5 Å². The van der Waals surface area contributed by atoms with Crippen LogP contribution >= 0.6 is 0 Å². The number of aliphatic hydroxyl groups is 1. The maximum absolute atomic E-state index is 13.1. The minimum absolute atomic E-state index is 0.0128. The zero-order chi connectivity index (χ0) is 25.1. The van der Waals surface area contributed by atoms with Crippen LogP contribution in [0.4, 0.5) is 4.79 Å². The number of carbonyl (C=O) groups is 4. The van der Waals surface area contributed by atoms with Crippen LogP contribution in [-0.4, -0.2) is 77.5 Å². The Labute approximate surface area is 201 Å². The van der Waals surface area contributed by atoms with Crippen LogP contribution in [0, 0.1) is 0 Å². The molecule has 10 heteroatoms. The zero-order valence-corrected chi connectivity index (χ0v) is 19.0. The van der Waals surface area contributed by atoms with Crippen molar-refractivity contribution in [2.75, 3.05) is 20.3 Å². The minimum Gasteiger partial charge on any atom is -0.481 e. The maximum atomic E-state index is 13.1. The number of β-amino-alcohol motifs (C(OH)–C–C–N with tert-alkyl or cyclic N) is 1. The average molecular weight is 482 g/mol. The van der Waals surface area contributed by atoms with Crippen molar-refractivity contribution in [2.24, 2.45) is 0 Å². The lowest BCUT2D eigenvalue weighted by molar-refractivity contribution is -0.152. The topological polar surface area (TPSA) is 142 Å². The molecule has 0 radical (unpaired) electrons. The van der Waals surface area contributed by atoms with E-state index >= 15 is 0 Å². The molecule has 1 aliphatic heterocycles. The summed E-state index contributed by atoms with van der Waals surface area (Å²) in [7, 11) is 1.15. The molecule has 0 aromatic heterocycles. The van der Waals surface area contributed by atoms with Crippen molar-refractivity contribution in [3.63, 3.8) is 0 Å². The highest BCUT2D eigenvalue weighted by atomic mass is 16.5. The van der Waals surface area contributed by atoms with Crippen LogP contribution < -0.4 is 5.32 Å². The number of ether oxygens (including phenoxy) is 2. The van der Waals surface area contributed by atoms with Gasteiger partial charge in [-0.1, -0.05) is 48.5 Å². The Kier molecular flexibility index (Phi) is 7.02. The van der Waals surface area contributed by atoms with Gasteiger partial charge in [-0.15, -0.1) is 0 Å². The molecule has 2 amide bonds. The minimum atomic E-state index is -1.49. The lowest BCUT2D eigenvalue weighted by Gasteiger charge is -2.27. The zero-order valence-electron chi connectivity index (χ0n) is 19.0. The number of methoxy groups -OCH3 is 1. The van der Waals surface area contributed by atoms with Crippen LogP contribution in [0.15, 0.2) is 48.5 Å². The maximum Gasteiger partial charge on any atom is 0.407 e. The smallest absolute Gasteiger partial charge is 0.407 e. The molecule has 2 aliphatic rings. The Morgan fingerprint density at radius 3 is 2.23 bits per heavy atom.